The van der Waals surface area contributed by atoms with Crippen LogP contribution in [0.1, 0.15) is 53.2 Å². The minimum atomic E-state index is -0.151. The number of hydrogen-bond donors (Lipinski definition) is 0. The van der Waals surface area contributed by atoms with Crippen LogP contribution >= 0.6 is 23.2 Å². The Morgan fingerprint density at radius 3 is 2.77 bits per heavy atom. The van der Waals surface area contributed by atoms with Gasteiger partial charge in [0.2, 0.25) is 0 Å². The van der Waals surface area contributed by atoms with Gasteiger partial charge in [-0.05, 0) is 44.2 Å². The van der Waals surface area contributed by atoms with Gasteiger partial charge in [0.25, 0.3) is 5.91 Å². The Balaban J connectivity index is 1.66. The summed E-state index contributed by atoms with van der Waals surface area (Å²) in [7, 11) is 0. The van der Waals surface area contributed by atoms with Gasteiger partial charge in [0.15, 0.2) is 0 Å². The fraction of sp³-hybridized carbons (Fsp3) is 0.348. The summed E-state index contributed by atoms with van der Waals surface area (Å²) >= 11 is 12.6. The van der Waals surface area contributed by atoms with Crippen LogP contribution in [0.3, 0.4) is 0 Å². The summed E-state index contributed by atoms with van der Waals surface area (Å²) in [5, 5.41) is 0.677. The van der Waals surface area contributed by atoms with Crippen LogP contribution < -0.4 is 0 Å². The monoisotopic (exact) mass is 453 g/mol. The summed E-state index contributed by atoms with van der Waals surface area (Å²) < 4.78 is 0. The third-order valence-corrected chi connectivity index (χ3v) is 7.10. The molecule has 5 rings (SSSR count). The highest BCUT2D eigenvalue weighted by molar-refractivity contribution is 6.43. The predicted octanol–water partition coefficient (Wildman–Crippen LogP) is 5.09. The molecule has 0 aliphatic carbocycles. The van der Waals surface area contributed by atoms with Gasteiger partial charge in [0, 0.05) is 24.0 Å². The summed E-state index contributed by atoms with van der Waals surface area (Å²) in [6.45, 7) is 4.05. The van der Waals surface area contributed by atoms with Crippen molar-refractivity contribution in [3.63, 3.8) is 0 Å². The molecule has 8 heteroatoms. The summed E-state index contributed by atoms with van der Waals surface area (Å²) in [5.41, 5.74) is 3.94. The fourth-order valence-electron chi connectivity index (χ4n) is 4.89. The lowest BCUT2D eigenvalue weighted by molar-refractivity contribution is 0.0226. The van der Waals surface area contributed by atoms with Crippen molar-refractivity contribution in [2.24, 2.45) is 5.92 Å². The van der Waals surface area contributed by atoms with Gasteiger partial charge in [0.05, 0.1) is 39.2 Å². The molecule has 1 fully saturated rings. The maximum atomic E-state index is 13.7. The second-order valence-corrected chi connectivity index (χ2v) is 9.03. The Hall–Kier alpha value is -2.57. The number of aryl methyl sites for hydroxylation is 1. The minimum Gasteiger partial charge on any atom is -0.326 e. The first-order valence-corrected chi connectivity index (χ1v) is 11.1. The quantitative estimate of drug-likeness (QED) is 0.540. The second kappa shape index (κ2) is 7.84. The fourth-order valence-corrected chi connectivity index (χ4v) is 5.27. The molecule has 3 aromatic rings. The highest BCUT2D eigenvalue weighted by Crippen LogP contribution is 2.47. The highest BCUT2D eigenvalue weighted by Gasteiger charge is 2.46. The first-order chi connectivity index (χ1) is 15.0. The number of aromatic nitrogens is 4. The van der Waals surface area contributed by atoms with Gasteiger partial charge in [-0.3, -0.25) is 14.8 Å². The number of rotatable bonds is 2. The molecule has 0 N–H and O–H groups in total. The molecule has 3 atom stereocenters. The summed E-state index contributed by atoms with van der Waals surface area (Å²) in [5.74, 6) is 0.807. The van der Waals surface area contributed by atoms with Crippen molar-refractivity contribution in [1.82, 2.24) is 24.8 Å². The van der Waals surface area contributed by atoms with Crippen molar-refractivity contribution in [3.8, 4) is 11.4 Å². The van der Waals surface area contributed by atoms with Crippen LogP contribution in [0.5, 0.6) is 0 Å². The van der Waals surface area contributed by atoms with E-state index < -0.39 is 0 Å². The maximum absolute atomic E-state index is 13.7. The standard InChI is InChI=1S/C23H21Cl2N5O/c1-12-6-7-14-10-16-20(18-11-26-8-9-27-18)28-13(2)29-21(16)22(12)30(14)23(31)15-4-3-5-17(24)19(15)25/h3-5,8-9,11-12,14,22H,6-7,10H2,1-2H3/t12-,14+,22-/m1/s1. The van der Waals surface area contributed by atoms with E-state index in [0.29, 0.717) is 27.9 Å². The van der Waals surface area contributed by atoms with E-state index in [1.807, 2.05) is 11.8 Å². The predicted molar refractivity (Wildman–Crippen MR) is 119 cm³/mol. The first-order valence-electron chi connectivity index (χ1n) is 10.4. The number of benzene rings is 1. The molecule has 0 spiro atoms. The zero-order valence-electron chi connectivity index (χ0n) is 17.2. The molecular weight excluding hydrogens is 433 g/mol. The third-order valence-electron chi connectivity index (χ3n) is 6.28. The lowest BCUT2D eigenvalue weighted by Gasteiger charge is -2.49. The Morgan fingerprint density at radius 1 is 1.16 bits per heavy atom. The summed E-state index contributed by atoms with van der Waals surface area (Å²) in [6.07, 6.45) is 7.66. The normalized spacial score (nSPS) is 22.2. The summed E-state index contributed by atoms with van der Waals surface area (Å²) in [6, 6.07) is 5.08. The van der Waals surface area contributed by atoms with E-state index in [1.54, 1.807) is 36.8 Å². The zero-order chi connectivity index (χ0) is 21.7. The number of carbonyl (C=O) groups is 1. The molecule has 2 aromatic heterocycles. The Morgan fingerprint density at radius 2 is 2.00 bits per heavy atom. The zero-order valence-corrected chi connectivity index (χ0v) is 18.7. The van der Waals surface area contributed by atoms with Gasteiger partial charge in [0.1, 0.15) is 11.5 Å². The maximum Gasteiger partial charge on any atom is 0.256 e. The molecule has 1 aromatic carbocycles. The number of halogens is 2. The van der Waals surface area contributed by atoms with Gasteiger partial charge in [-0.15, -0.1) is 0 Å². The van der Waals surface area contributed by atoms with Gasteiger partial charge in [-0.2, -0.15) is 0 Å². The molecule has 2 bridgehead atoms. The van der Waals surface area contributed by atoms with Crippen LogP contribution in [0.15, 0.2) is 36.8 Å². The molecule has 31 heavy (non-hydrogen) atoms. The molecule has 0 unspecified atom stereocenters. The van der Waals surface area contributed by atoms with E-state index in [1.165, 1.54) is 0 Å². The average Bonchev–Trinajstić information content (AvgIpc) is 2.77. The van der Waals surface area contributed by atoms with E-state index in [4.69, 9.17) is 33.2 Å². The minimum absolute atomic E-state index is 0.0398. The van der Waals surface area contributed by atoms with Crippen molar-refractivity contribution in [1.29, 1.82) is 0 Å². The van der Waals surface area contributed by atoms with Gasteiger partial charge >= 0.3 is 0 Å². The van der Waals surface area contributed by atoms with Crippen LogP contribution in [-0.2, 0) is 6.42 Å². The molecule has 0 saturated carbocycles. The number of hydrogen-bond acceptors (Lipinski definition) is 5. The third kappa shape index (κ3) is 3.38. The number of nitrogens with zero attached hydrogens (tertiary/aromatic N) is 5. The molecular formula is C23H21Cl2N5O. The van der Waals surface area contributed by atoms with E-state index >= 15 is 0 Å². The molecule has 4 heterocycles. The van der Waals surface area contributed by atoms with Crippen LogP contribution in [0.2, 0.25) is 10.0 Å². The number of amides is 1. The molecule has 1 amide bonds. The van der Waals surface area contributed by atoms with E-state index in [0.717, 1.165) is 35.5 Å². The number of piperidine rings is 1. The van der Waals surface area contributed by atoms with E-state index in [2.05, 4.69) is 16.9 Å². The second-order valence-electron chi connectivity index (χ2n) is 8.25. The van der Waals surface area contributed by atoms with Crippen molar-refractivity contribution in [2.45, 2.75) is 45.2 Å². The van der Waals surface area contributed by atoms with Gasteiger partial charge in [-0.1, -0.05) is 36.2 Å². The van der Waals surface area contributed by atoms with Crippen LogP contribution in [0, 0.1) is 12.8 Å². The number of carbonyl (C=O) groups excluding carboxylic acids is 1. The van der Waals surface area contributed by atoms with Crippen molar-refractivity contribution in [3.05, 3.63) is 69.5 Å². The van der Waals surface area contributed by atoms with Crippen molar-refractivity contribution >= 4 is 29.1 Å². The molecule has 2 aliphatic rings. The summed E-state index contributed by atoms with van der Waals surface area (Å²) in [4.78, 5) is 33.9. The van der Waals surface area contributed by atoms with Gasteiger partial charge in [-0.25, -0.2) is 9.97 Å². The molecule has 0 radical (unpaired) electrons. The van der Waals surface area contributed by atoms with Crippen LogP contribution in [0.4, 0.5) is 0 Å². The van der Waals surface area contributed by atoms with Crippen molar-refractivity contribution in [2.75, 3.05) is 0 Å². The van der Waals surface area contributed by atoms with E-state index in [-0.39, 0.29) is 23.9 Å². The van der Waals surface area contributed by atoms with Crippen LogP contribution in [-0.4, -0.2) is 36.8 Å². The molecule has 2 aliphatic heterocycles. The average molecular weight is 454 g/mol. The topological polar surface area (TPSA) is 71.9 Å². The van der Waals surface area contributed by atoms with Crippen molar-refractivity contribution < 1.29 is 4.79 Å². The largest absolute Gasteiger partial charge is 0.326 e. The lowest BCUT2D eigenvalue weighted by Crippen LogP contribution is -2.53. The first kappa shape index (κ1) is 20.3. The Labute approximate surface area is 190 Å². The highest BCUT2D eigenvalue weighted by atomic mass is 35.5. The molecule has 1 saturated heterocycles. The smallest absolute Gasteiger partial charge is 0.256 e. The number of fused-ring (bicyclic) bond motifs is 4. The van der Waals surface area contributed by atoms with E-state index in [9.17, 15) is 4.79 Å². The van der Waals surface area contributed by atoms with Crippen LogP contribution in [0.25, 0.3) is 11.4 Å². The Bertz CT molecular complexity index is 1170. The molecule has 6 nitrogen and oxygen atoms in total. The van der Waals surface area contributed by atoms with Gasteiger partial charge < -0.3 is 4.90 Å². The SMILES string of the molecule is Cc1nc(-c2cnccn2)c2c(n1)[C@H]1[C@H](C)CC[C@@H](C2)N1C(=O)c1cccc(Cl)c1Cl. The molecule has 158 valence electrons. The lowest BCUT2D eigenvalue weighted by atomic mass is 9.76. The Kier molecular flexibility index (Phi) is 5.15.